The van der Waals surface area contributed by atoms with Crippen LogP contribution in [0.4, 0.5) is 4.79 Å². The number of carbonyl (C=O) groups is 1. The number of hydrogen-bond donors (Lipinski definition) is 1. The normalized spacial score (nSPS) is 12.9. The largest absolute Gasteiger partial charge is 0.453 e. The lowest BCUT2D eigenvalue weighted by Gasteiger charge is -2.28. The average molecular weight is 566 g/mol. The molecule has 1 unspecified atom stereocenters. The minimum absolute atomic E-state index is 0.0404. The van der Waals surface area contributed by atoms with Gasteiger partial charge in [0.2, 0.25) is 0 Å². The van der Waals surface area contributed by atoms with Crippen molar-refractivity contribution < 1.29 is 23.1 Å². The lowest BCUT2D eigenvalue weighted by Crippen LogP contribution is -2.37. The molecule has 1 amide bonds. The van der Waals surface area contributed by atoms with Crippen LogP contribution in [0.5, 0.6) is 11.5 Å². The Labute approximate surface area is 240 Å². The van der Waals surface area contributed by atoms with Crippen molar-refractivity contribution in [1.29, 1.82) is 0 Å². The van der Waals surface area contributed by atoms with Gasteiger partial charge in [-0.1, -0.05) is 116 Å². The first-order chi connectivity index (χ1) is 18.8. The molecule has 0 aliphatic carbocycles. The van der Waals surface area contributed by atoms with Gasteiger partial charge >= 0.3 is 13.7 Å². The third-order valence-corrected chi connectivity index (χ3v) is 8.70. The molecule has 0 fully saturated rings. The zero-order chi connectivity index (χ0) is 29.4. The second-order valence-corrected chi connectivity index (χ2v) is 14.2. The zero-order valence-corrected chi connectivity index (χ0v) is 25.8. The summed E-state index contributed by atoms with van der Waals surface area (Å²) in [6.45, 7) is 14.9. The van der Waals surface area contributed by atoms with Gasteiger partial charge in [-0.3, -0.25) is 0 Å². The van der Waals surface area contributed by atoms with Crippen molar-refractivity contribution in [2.45, 2.75) is 90.9 Å². The van der Waals surface area contributed by atoms with Crippen LogP contribution in [-0.4, -0.2) is 11.9 Å². The quantitative estimate of drug-likeness (QED) is 0.235. The second-order valence-electron chi connectivity index (χ2n) is 12.1. The highest BCUT2D eigenvalue weighted by Crippen LogP contribution is 2.53. The summed E-state index contributed by atoms with van der Waals surface area (Å²) in [5.41, 5.74) is 3.02. The zero-order valence-electron chi connectivity index (χ0n) is 24.9. The number of hydrogen-bond acceptors (Lipinski definition) is 5. The molecule has 0 spiro atoms. The first-order valence-corrected chi connectivity index (χ1v) is 15.6. The lowest BCUT2D eigenvalue weighted by molar-refractivity contribution is 0.136. The molecule has 0 aliphatic heterocycles. The molecule has 6 nitrogen and oxygen atoms in total. The fraction of sp³-hybridized carbons (Fsp3) is 0.424. The summed E-state index contributed by atoms with van der Waals surface area (Å²) in [4.78, 5) is 12.9. The fourth-order valence-corrected chi connectivity index (χ4v) is 5.96. The Morgan fingerprint density at radius 2 is 1.25 bits per heavy atom. The molecule has 0 saturated heterocycles. The van der Waals surface area contributed by atoms with Crippen molar-refractivity contribution >= 4 is 13.7 Å². The average Bonchev–Trinajstić information content (AvgIpc) is 2.90. The molecule has 0 heterocycles. The topological polar surface area (TPSA) is 73.9 Å². The lowest BCUT2D eigenvalue weighted by atomic mass is 9.87. The molecule has 3 rings (SSSR count). The molecule has 0 aromatic heterocycles. The Morgan fingerprint density at radius 1 is 0.775 bits per heavy atom. The Balaban J connectivity index is 1.90. The Bertz CT molecular complexity index is 1200. The van der Waals surface area contributed by atoms with E-state index in [0.29, 0.717) is 24.3 Å². The van der Waals surface area contributed by atoms with Gasteiger partial charge in [0, 0.05) is 0 Å². The number of amides is 1. The van der Waals surface area contributed by atoms with Crippen LogP contribution in [0.25, 0.3) is 0 Å². The second kappa shape index (κ2) is 13.4. The van der Waals surface area contributed by atoms with Crippen LogP contribution in [0.2, 0.25) is 0 Å². The highest BCUT2D eigenvalue weighted by atomic mass is 31.2. The van der Waals surface area contributed by atoms with Crippen molar-refractivity contribution in [3.8, 4) is 11.5 Å². The van der Waals surface area contributed by atoms with E-state index in [1.54, 1.807) is 24.3 Å². The summed E-state index contributed by atoms with van der Waals surface area (Å²) in [5.74, 6) is -0.104. The Kier molecular flexibility index (Phi) is 10.5. The summed E-state index contributed by atoms with van der Waals surface area (Å²) in [6, 6.07) is 24.4. The number of unbranched alkanes of at least 4 members (excludes halogenated alkanes) is 1. The molecule has 1 N–H and O–H groups in total. The summed E-state index contributed by atoms with van der Waals surface area (Å²) < 4.78 is 32.4. The molecule has 1 atom stereocenters. The highest BCUT2D eigenvalue weighted by molar-refractivity contribution is 7.55. The SMILES string of the molecule is CCCCC(NC(=O)OCc1ccccc1)P(=O)(Oc1ccc(C(C)(C)C)cc1)Oc1ccc(C(C)(C)C)cc1. The van der Waals surface area contributed by atoms with Gasteiger partial charge in [-0.15, -0.1) is 0 Å². The van der Waals surface area contributed by atoms with Gasteiger partial charge in [0.1, 0.15) is 18.1 Å². The van der Waals surface area contributed by atoms with Gasteiger partial charge < -0.3 is 19.1 Å². The van der Waals surface area contributed by atoms with Gasteiger partial charge in [-0.2, -0.15) is 0 Å². The van der Waals surface area contributed by atoms with Crippen LogP contribution in [0.15, 0.2) is 78.9 Å². The Morgan fingerprint density at radius 3 is 1.68 bits per heavy atom. The first-order valence-electron chi connectivity index (χ1n) is 14.0. The fourth-order valence-electron chi connectivity index (χ4n) is 4.08. The summed E-state index contributed by atoms with van der Waals surface area (Å²) >= 11 is 0. The molecule has 40 heavy (non-hydrogen) atoms. The number of alkyl carbamates (subject to hydrolysis) is 1. The monoisotopic (exact) mass is 565 g/mol. The summed E-state index contributed by atoms with van der Waals surface area (Å²) in [5, 5.41) is 2.80. The molecule has 0 saturated carbocycles. The van der Waals surface area contributed by atoms with Gasteiger partial charge in [0.25, 0.3) is 0 Å². The van der Waals surface area contributed by atoms with E-state index in [1.807, 2.05) is 61.5 Å². The van der Waals surface area contributed by atoms with E-state index < -0.39 is 19.5 Å². The van der Waals surface area contributed by atoms with Crippen molar-refractivity contribution in [2.75, 3.05) is 0 Å². The van der Waals surface area contributed by atoms with Crippen molar-refractivity contribution in [3.05, 3.63) is 95.6 Å². The predicted molar refractivity (Wildman–Crippen MR) is 162 cm³/mol. The summed E-state index contributed by atoms with van der Waals surface area (Å²) in [6.07, 6.45) is 1.28. The standard InChI is InChI=1S/C33H44NO5P/c1-8-9-15-30(34-31(35)37-24-25-13-11-10-12-14-25)40(36,38-28-20-16-26(17-21-28)32(2,3)4)39-29-22-18-27(19-23-29)33(5,6)7/h10-14,16-23,30H,8-9,15,24H2,1-7H3,(H,34,35). The van der Waals surface area contributed by atoms with E-state index in [0.717, 1.165) is 23.1 Å². The maximum absolute atomic E-state index is 14.6. The maximum atomic E-state index is 14.6. The van der Waals surface area contributed by atoms with Crippen molar-refractivity contribution in [2.24, 2.45) is 0 Å². The van der Waals surface area contributed by atoms with Crippen LogP contribution < -0.4 is 14.4 Å². The number of ether oxygens (including phenoxy) is 1. The van der Waals surface area contributed by atoms with E-state index in [1.165, 1.54) is 0 Å². The molecular formula is C33H44NO5P. The van der Waals surface area contributed by atoms with E-state index >= 15 is 0 Å². The minimum atomic E-state index is -3.98. The molecule has 0 aliphatic rings. The molecular weight excluding hydrogens is 521 g/mol. The smallest absolute Gasteiger partial charge is 0.445 e. The van der Waals surface area contributed by atoms with Gasteiger partial charge in [-0.05, 0) is 58.2 Å². The van der Waals surface area contributed by atoms with Crippen LogP contribution in [-0.2, 0) is 26.7 Å². The van der Waals surface area contributed by atoms with E-state index in [4.69, 9.17) is 13.8 Å². The molecule has 0 radical (unpaired) electrons. The number of benzene rings is 3. The first kappa shape index (κ1) is 31.3. The molecule has 3 aromatic carbocycles. The molecule has 7 heteroatoms. The number of carbonyl (C=O) groups excluding carboxylic acids is 1. The van der Waals surface area contributed by atoms with E-state index in [9.17, 15) is 9.36 Å². The van der Waals surface area contributed by atoms with Crippen LogP contribution >= 0.6 is 7.60 Å². The van der Waals surface area contributed by atoms with E-state index in [-0.39, 0.29) is 17.4 Å². The minimum Gasteiger partial charge on any atom is -0.445 e. The van der Waals surface area contributed by atoms with Crippen LogP contribution in [0, 0.1) is 0 Å². The van der Waals surface area contributed by atoms with E-state index in [2.05, 4.69) is 46.9 Å². The maximum Gasteiger partial charge on any atom is 0.453 e. The Hall–Kier alpha value is -3.24. The van der Waals surface area contributed by atoms with Gasteiger partial charge in [0.05, 0.1) is 0 Å². The number of nitrogens with one attached hydrogen (secondary N) is 1. The van der Waals surface area contributed by atoms with Gasteiger partial charge in [0.15, 0.2) is 5.78 Å². The third kappa shape index (κ3) is 9.16. The number of rotatable bonds is 11. The third-order valence-electron chi connectivity index (χ3n) is 6.62. The highest BCUT2D eigenvalue weighted by Gasteiger charge is 2.41. The van der Waals surface area contributed by atoms with Crippen molar-refractivity contribution in [3.63, 3.8) is 0 Å². The molecule has 216 valence electrons. The molecule has 0 bridgehead atoms. The van der Waals surface area contributed by atoms with Crippen LogP contribution in [0.1, 0.15) is 84.4 Å². The molecule has 3 aromatic rings. The van der Waals surface area contributed by atoms with Gasteiger partial charge in [-0.25, -0.2) is 9.36 Å². The predicted octanol–water partition coefficient (Wildman–Crippen LogP) is 9.38. The van der Waals surface area contributed by atoms with Crippen LogP contribution in [0.3, 0.4) is 0 Å². The summed E-state index contributed by atoms with van der Waals surface area (Å²) in [7, 11) is -3.98. The van der Waals surface area contributed by atoms with Crippen molar-refractivity contribution in [1.82, 2.24) is 5.32 Å².